The maximum Gasteiger partial charge on any atom is 0.261 e. The molecule has 1 amide bonds. The number of aliphatic hydroxyl groups excluding tert-OH is 1. The first-order chi connectivity index (χ1) is 9.97. The van der Waals surface area contributed by atoms with E-state index in [1.54, 1.807) is 25.1 Å². The van der Waals surface area contributed by atoms with E-state index < -0.39 is 12.3 Å². The smallest absolute Gasteiger partial charge is 0.261 e. The van der Waals surface area contributed by atoms with Crippen molar-refractivity contribution in [2.24, 2.45) is 0 Å². The molecular weight excluding hydrogens is 272 g/mol. The van der Waals surface area contributed by atoms with Crippen LogP contribution in [-0.4, -0.2) is 26.8 Å². The van der Waals surface area contributed by atoms with Gasteiger partial charge in [0.2, 0.25) is 5.91 Å². The summed E-state index contributed by atoms with van der Waals surface area (Å²) in [5.41, 5.74) is 6.54. The van der Waals surface area contributed by atoms with Gasteiger partial charge in [0.15, 0.2) is 0 Å². The molecule has 3 rings (SSSR count). The third-order valence-corrected chi connectivity index (χ3v) is 3.77. The second-order valence-corrected chi connectivity index (χ2v) is 5.23. The van der Waals surface area contributed by atoms with Crippen molar-refractivity contribution in [2.75, 3.05) is 5.73 Å². The van der Waals surface area contributed by atoms with E-state index in [1.165, 1.54) is 4.57 Å². The molecule has 2 aromatic rings. The number of hydrogen-bond acceptors (Lipinski definition) is 5. The molecule has 0 bridgehead atoms. The van der Waals surface area contributed by atoms with Crippen molar-refractivity contribution in [2.45, 2.75) is 32.0 Å². The molecule has 2 unspecified atom stereocenters. The number of aromatic nitrogens is 2. The minimum atomic E-state index is -1.09. The molecule has 0 spiro atoms. The van der Waals surface area contributed by atoms with E-state index in [1.807, 2.05) is 0 Å². The lowest BCUT2D eigenvalue weighted by atomic mass is 10.0. The van der Waals surface area contributed by atoms with E-state index in [9.17, 15) is 14.7 Å². The zero-order valence-corrected chi connectivity index (χ0v) is 11.5. The van der Waals surface area contributed by atoms with Crippen LogP contribution in [0.15, 0.2) is 23.0 Å². The second kappa shape index (κ2) is 4.85. The third-order valence-electron chi connectivity index (χ3n) is 3.77. The fraction of sp³-hybridized carbons (Fsp3) is 0.357. The van der Waals surface area contributed by atoms with E-state index in [2.05, 4.69) is 10.3 Å². The van der Waals surface area contributed by atoms with E-state index in [0.29, 0.717) is 28.8 Å². The zero-order valence-electron chi connectivity index (χ0n) is 11.5. The molecule has 0 radical (unpaired) electrons. The number of hydrogen-bond donors (Lipinski definition) is 3. The predicted molar refractivity (Wildman–Crippen MR) is 77.6 cm³/mol. The Hall–Kier alpha value is -2.41. The molecule has 110 valence electrons. The number of carbonyl (C=O) groups excluding carboxylic acids is 1. The molecule has 1 fully saturated rings. The van der Waals surface area contributed by atoms with Crippen LogP contribution in [0.4, 0.5) is 5.69 Å². The summed E-state index contributed by atoms with van der Waals surface area (Å²) in [4.78, 5) is 28.3. The van der Waals surface area contributed by atoms with Crippen molar-refractivity contribution in [1.29, 1.82) is 0 Å². The first kappa shape index (κ1) is 13.6. The summed E-state index contributed by atoms with van der Waals surface area (Å²) in [6.07, 6.45) is -0.417. The van der Waals surface area contributed by atoms with Gasteiger partial charge in [-0.25, -0.2) is 4.98 Å². The summed E-state index contributed by atoms with van der Waals surface area (Å²) in [5, 5.41) is 12.9. The summed E-state index contributed by atoms with van der Waals surface area (Å²) >= 11 is 0. The zero-order chi connectivity index (χ0) is 15.1. The van der Waals surface area contributed by atoms with Crippen molar-refractivity contribution in [3.05, 3.63) is 34.4 Å². The molecule has 0 aliphatic carbocycles. The van der Waals surface area contributed by atoms with E-state index >= 15 is 0 Å². The Morgan fingerprint density at radius 3 is 2.90 bits per heavy atom. The molecule has 4 N–H and O–H groups in total. The van der Waals surface area contributed by atoms with Crippen molar-refractivity contribution in [3.8, 4) is 0 Å². The molecule has 2 atom stereocenters. The summed E-state index contributed by atoms with van der Waals surface area (Å²) < 4.78 is 1.45. The summed E-state index contributed by atoms with van der Waals surface area (Å²) in [6.45, 7) is 1.70. The largest absolute Gasteiger partial charge is 0.399 e. The van der Waals surface area contributed by atoms with E-state index in [-0.39, 0.29) is 17.9 Å². The Labute approximate surface area is 120 Å². The Kier molecular flexibility index (Phi) is 3.13. The van der Waals surface area contributed by atoms with E-state index in [4.69, 9.17) is 5.73 Å². The van der Waals surface area contributed by atoms with Crippen LogP contribution in [0.1, 0.15) is 24.7 Å². The highest BCUT2D eigenvalue weighted by atomic mass is 16.3. The molecule has 21 heavy (non-hydrogen) atoms. The Morgan fingerprint density at radius 2 is 2.19 bits per heavy atom. The quantitative estimate of drug-likeness (QED) is 0.642. The number of nitrogens with two attached hydrogens (primary N) is 1. The molecule has 1 aliphatic rings. The maximum atomic E-state index is 12.6. The minimum absolute atomic E-state index is 0.217. The standard InChI is InChI=1S/C14H16N4O3/c1-7-16-10-6-8(15)2-3-9(10)14(21)18(7)11-4-5-12(19)17-13(11)20/h2-3,6,11,13,20H,4-5,15H2,1H3,(H,17,19). The van der Waals surface area contributed by atoms with Gasteiger partial charge in [0, 0.05) is 12.1 Å². The second-order valence-electron chi connectivity index (χ2n) is 5.23. The number of nitrogens with zero attached hydrogens (tertiary/aromatic N) is 2. The first-order valence-corrected chi connectivity index (χ1v) is 6.73. The molecule has 7 nitrogen and oxygen atoms in total. The van der Waals surface area contributed by atoms with Gasteiger partial charge < -0.3 is 16.2 Å². The van der Waals surface area contributed by atoms with Crippen molar-refractivity contribution < 1.29 is 9.90 Å². The number of fused-ring (bicyclic) bond motifs is 1. The molecule has 1 saturated heterocycles. The average Bonchev–Trinajstić information content (AvgIpc) is 2.40. The van der Waals surface area contributed by atoms with E-state index in [0.717, 1.165) is 0 Å². The van der Waals surface area contributed by atoms with Gasteiger partial charge >= 0.3 is 0 Å². The van der Waals surface area contributed by atoms with Crippen LogP contribution in [0.25, 0.3) is 10.9 Å². The van der Waals surface area contributed by atoms with Gasteiger partial charge in [-0.2, -0.15) is 0 Å². The lowest BCUT2D eigenvalue weighted by Gasteiger charge is -2.30. The van der Waals surface area contributed by atoms with Gasteiger partial charge in [0.05, 0.1) is 16.9 Å². The highest BCUT2D eigenvalue weighted by Crippen LogP contribution is 2.22. The van der Waals surface area contributed by atoms with Crippen LogP contribution in [-0.2, 0) is 4.79 Å². The van der Waals surface area contributed by atoms with Crippen molar-refractivity contribution in [1.82, 2.24) is 14.9 Å². The van der Waals surface area contributed by atoms with Crippen LogP contribution in [0.5, 0.6) is 0 Å². The number of amides is 1. The Morgan fingerprint density at radius 1 is 1.43 bits per heavy atom. The van der Waals surface area contributed by atoms with Crippen molar-refractivity contribution in [3.63, 3.8) is 0 Å². The maximum absolute atomic E-state index is 12.6. The van der Waals surface area contributed by atoms with Gasteiger partial charge in [-0.05, 0) is 31.5 Å². The van der Waals surface area contributed by atoms with Gasteiger partial charge in [0.1, 0.15) is 12.1 Å². The average molecular weight is 288 g/mol. The lowest BCUT2D eigenvalue weighted by molar-refractivity contribution is -0.128. The molecule has 2 heterocycles. The van der Waals surface area contributed by atoms with Gasteiger partial charge in [-0.3, -0.25) is 14.2 Å². The van der Waals surface area contributed by atoms with Gasteiger partial charge in [-0.1, -0.05) is 0 Å². The number of rotatable bonds is 1. The summed E-state index contributed by atoms with van der Waals surface area (Å²) in [5.74, 6) is 0.268. The highest BCUT2D eigenvalue weighted by Gasteiger charge is 2.30. The third kappa shape index (κ3) is 2.25. The number of piperidine rings is 1. The molecular formula is C14H16N4O3. The molecule has 1 aliphatic heterocycles. The number of nitrogens with one attached hydrogen (secondary N) is 1. The first-order valence-electron chi connectivity index (χ1n) is 6.73. The Balaban J connectivity index is 2.17. The summed E-state index contributed by atoms with van der Waals surface area (Å²) in [7, 11) is 0. The number of carbonyl (C=O) groups is 1. The predicted octanol–water partition coefficient (Wildman–Crippen LogP) is 0.0566. The number of nitrogen functional groups attached to an aromatic ring is 1. The van der Waals surface area contributed by atoms with Crippen molar-refractivity contribution >= 4 is 22.5 Å². The Bertz CT molecular complexity index is 784. The van der Waals surface area contributed by atoms with Crippen LogP contribution in [0, 0.1) is 6.92 Å². The topological polar surface area (TPSA) is 110 Å². The molecule has 1 aromatic heterocycles. The highest BCUT2D eigenvalue weighted by molar-refractivity contribution is 5.81. The van der Waals surface area contributed by atoms with Gasteiger partial charge in [-0.15, -0.1) is 0 Å². The molecule has 0 saturated carbocycles. The number of anilines is 1. The van der Waals surface area contributed by atoms with Crippen LogP contribution >= 0.6 is 0 Å². The number of aryl methyl sites for hydroxylation is 1. The van der Waals surface area contributed by atoms with Crippen LogP contribution in [0.2, 0.25) is 0 Å². The summed E-state index contributed by atoms with van der Waals surface area (Å²) in [6, 6.07) is 4.41. The van der Waals surface area contributed by atoms with Crippen LogP contribution < -0.4 is 16.6 Å². The molecule has 1 aromatic carbocycles. The SMILES string of the molecule is Cc1nc2cc(N)ccc2c(=O)n1C1CCC(=O)NC1O. The van der Waals surface area contributed by atoms with Gasteiger partial charge in [0.25, 0.3) is 5.56 Å². The fourth-order valence-corrected chi connectivity index (χ4v) is 2.76. The lowest BCUT2D eigenvalue weighted by Crippen LogP contribution is -2.48. The number of benzene rings is 1. The minimum Gasteiger partial charge on any atom is -0.399 e. The normalized spacial score (nSPS) is 22.3. The molecule has 7 heteroatoms. The monoisotopic (exact) mass is 288 g/mol. The fourth-order valence-electron chi connectivity index (χ4n) is 2.76. The van der Waals surface area contributed by atoms with Crippen LogP contribution in [0.3, 0.4) is 0 Å². The number of aliphatic hydroxyl groups is 1.